The normalized spacial score (nSPS) is 20.4. The summed E-state index contributed by atoms with van der Waals surface area (Å²) in [6.45, 7) is 0.501. The fraction of sp³-hybridized carbons (Fsp3) is 0.292. The summed E-state index contributed by atoms with van der Waals surface area (Å²) in [7, 11) is 1.34. The van der Waals surface area contributed by atoms with Crippen LogP contribution in [0.5, 0.6) is 0 Å². The van der Waals surface area contributed by atoms with Gasteiger partial charge in [0.1, 0.15) is 5.78 Å². The first-order valence-electron chi connectivity index (χ1n) is 10.6. The van der Waals surface area contributed by atoms with Gasteiger partial charge < -0.3 is 20.3 Å². The molecule has 34 heavy (non-hydrogen) atoms. The summed E-state index contributed by atoms with van der Waals surface area (Å²) >= 11 is 6.18. The van der Waals surface area contributed by atoms with Gasteiger partial charge in [0.25, 0.3) is 11.8 Å². The summed E-state index contributed by atoms with van der Waals surface area (Å²) in [5, 5.41) is 18.3. The highest BCUT2D eigenvalue weighted by molar-refractivity contribution is 6.32. The van der Waals surface area contributed by atoms with E-state index in [0.29, 0.717) is 11.3 Å². The third-order valence-corrected chi connectivity index (χ3v) is 6.62. The van der Waals surface area contributed by atoms with Gasteiger partial charge in [0.2, 0.25) is 5.54 Å². The zero-order valence-corrected chi connectivity index (χ0v) is 19.4. The summed E-state index contributed by atoms with van der Waals surface area (Å²) in [4.78, 5) is 56.4. The number of anilines is 1. The molecule has 4 amide bonds. The quantitative estimate of drug-likeness (QED) is 0.355. The molecule has 2 aromatic rings. The van der Waals surface area contributed by atoms with Crippen LogP contribution in [0.2, 0.25) is 5.02 Å². The second-order valence-electron chi connectivity index (χ2n) is 8.25. The van der Waals surface area contributed by atoms with Crippen LogP contribution in [-0.4, -0.2) is 71.0 Å². The first-order chi connectivity index (χ1) is 16.2. The summed E-state index contributed by atoms with van der Waals surface area (Å²) in [5.41, 5.74) is -0.922. The predicted molar refractivity (Wildman–Crippen MR) is 125 cm³/mol. The number of nitrogens with one attached hydrogen (secondary N) is 1. The molecule has 4 rings (SSSR count). The number of imide groups is 1. The predicted octanol–water partition coefficient (Wildman–Crippen LogP) is 2.04. The van der Waals surface area contributed by atoms with E-state index >= 15 is 0 Å². The van der Waals surface area contributed by atoms with Crippen LogP contribution in [0.25, 0.3) is 0 Å². The maximum atomic E-state index is 13.8. The number of aliphatic hydroxyl groups excluding tert-OH is 1. The van der Waals surface area contributed by atoms with Crippen molar-refractivity contribution in [3.05, 3.63) is 64.7 Å². The first kappa shape index (κ1) is 23.6. The van der Waals surface area contributed by atoms with Gasteiger partial charge in [-0.15, -0.1) is 0 Å². The first-order valence-corrected chi connectivity index (χ1v) is 11.0. The van der Waals surface area contributed by atoms with E-state index in [0.717, 1.165) is 9.80 Å². The van der Waals surface area contributed by atoms with Gasteiger partial charge in [-0.3, -0.25) is 19.3 Å². The highest BCUT2D eigenvalue weighted by Gasteiger charge is 2.67. The summed E-state index contributed by atoms with van der Waals surface area (Å²) in [5.74, 6) is -2.95. The molecule has 0 bridgehead atoms. The zero-order valence-electron chi connectivity index (χ0n) is 18.6. The molecule has 1 spiro atoms. The largest absolute Gasteiger partial charge is 0.395 e. The van der Waals surface area contributed by atoms with Gasteiger partial charge in [-0.2, -0.15) is 0 Å². The number of urea groups is 1. The average molecular weight is 483 g/mol. The number of carbonyl (C=O) groups is 4. The lowest BCUT2D eigenvalue weighted by atomic mass is 9.89. The summed E-state index contributed by atoms with van der Waals surface area (Å²) in [6.07, 6.45) is 0. The fourth-order valence-corrected chi connectivity index (χ4v) is 4.81. The Kier molecular flexibility index (Phi) is 6.01. The van der Waals surface area contributed by atoms with E-state index in [9.17, 15) is 24.3 Å². The molecule has 2 aliphatic rings. The molecule has 2 heterocycles. The van der Waals surface area contributed by atoms with E-state index < -0.39 is 29.3 Å². The molecule has 2 aromatic carbocycles. The Morgan fingerprint density at radius 2 is 1.74 bits per heavy atom. The van der Waals surface area contributed by atoms with E-state index in [2.05, 4.69) is 0 Å². The topological polar surface area (TPSA) is 122 Å². The maximum absolute atomic E-state index is 13.8. The van der Waals surface area contributed by atoms with Crippen molar-refractivity contribution in [3.63, 3.8) is 0 Å². The van der Waals surface area contributed by atoms with E-state index in [1.807, 2.05) is 0 Å². The molecule has 1 fully saturated rings. The fourth-order valence-electron chi connectivity index (χ4n) is 4.64. The van der Waals surface area contributed by atoms with E-state index in [-0.39, 0.29) is 41.8 Å². The number of hydrogen-bond acceptors (Lipinski definition) is 6. The lowest BCUT2D eigenvalue weighted by Gasteiger charge is -2.27. The SMILES string of the molecule is CC(=O)C(CN1C(=O)N(C)C2(C1=O)C(=O)N(CCO)c1ccc(Cl)cc12)C(=N)c1ccccc1. The minimum Gasteiger partial charge on any atom is -0.395 e. The number of ketones is 1. The Morgan fingerprint density at radius 1 is 1.09 bits per heavy atom. The highest BCUT2D eigenvalue weighted by atomic mass is 35.5. The number of fused-ring (bicyclic) bond motifs is 2. The Labute approximate surface area is 201 Å². The number of aliphatic hydroxyl groups is 1. The van der Waals surface area contributed by atoms with Gasteiger partial charge in [-0.1, -0.05) is 41.9 Å². The van der Waals surface area contributed by atoms with Gasteiger partial charge >= 0.3 is 6.03 Å². The molecule has 10 heteroatoms. The standard InChI is InChI=1S/C24H23ClN4O5/c1-14(31)17(20(26)15-6-4-3-5-7-15)13-29-22(33)24(27(2)23(29)34)18-12-16(25)8-9-19(18)28(10-11-30)21(24)32/h3-9,12,17,26,30H,10-11,13H2,1-2H3. The van der Waals surface area contributed by atoms with Crippen LogP contribution in [0.4, 0.5) is 10.5 Å². The molecule has 2 aliphatic heterocycles. The molecular formula is C24H23ClN4O5. The molecule has 1 saturated heterocycles. The van der Waals surface area contributed by atoms with Crippen LogP contribution < -0.4 is 4.90 Å². The molecule has 0 radical (unpaired) electrons. The molecule has 2 unspecified atom stereocenters. The average Bonchev–Trinajstić information content (AvgIpc) is 3.16. The number of rotatable bonds is 7. The Bertz CT molecular complexity index is 1220. The molecule has 0 aliphatic carbocycles. The van der Waals surface area contributed by atoms with Gasteiger partial charge in [-0.25, -0.2) is 4.79 Å². The van der Waals surface area contributed by atoms with Crippen molar-refractivity contribution in [2.45, 2.75) is 12.5 Å². The monoisotopic (exact) mass is 482 g/mol. The van der Waals surface area contributed by atoms with Crippen molar-refractivity contribution in [2.75, 3.05) is 31.6 Å². The molecular weight excluding hydrogens is 460 g/mol. The number of Topliss-reactive ketones (excluding diaryl/α,β-unsaturated/α-hetero) is 1. The van der Waals surface area contributed by atoms with Gasteiger partial charge in [0, 0.05) is 30.7 Å². The van der Waals surface area contributed by atoms with E-state index in [1.165, 1.54) is 24.9 Å². The minimum absolute atomic E-state index is 0.0274. The Balaban J connectivity index is 1.77. The second kappa shape index (κ2) is 8.66. The van der Waals surface area contributed by atoms with Crippen LogP contribution >= 0.6 is 11.6 Å². The smallest absolute Gasteiger partial charge is 0.328 e. The number of amides is 4. The lowest BCUT2D eigenvalue weighted by Crippen LogP contribution is -2.53. The highest BCUT2D eigenvalue weighted by Crippen LogP contribution is 2.49. The zero-order chi connectivity index (χ0) is 24.8. The van der Waals surface area contributed by atoms with Gasteiger partial charge in [-0.05, 0) is 30.7 Å². The number of nitrogens with zero attached hydrogens (tertiary/aromatic N) is 3. The summed E-state index contributed by atoms with van der Waals surface area (Å²) < 4.78 is 0. The molecule has 2 atom stereocenters. The number of β-amino-alcohol motifs (C(OH)–C–C–N with tert-alkyl or cyclic N) is 1. The third-order valence-electron chi connectivity index (χ3n) is 6.38. The maximum Gasteiger partial charge on any atom is 0.328 e. The minimum atomic E-state index is -2.00. The van der Waals surface area contributed by atoms with E-state index in [4.69, 9.17) is 17.0 Å². The van der Waals surface area contributed by atoms with Crippen molar-refractivity contribution in [1.82, 2.24) is 9.80 Å². The van der Waals surface area contributed by atoms with Gasteiger partial charge in [0.05, 0.1) is 23.9 Å². The summed E-state index contributed by atoms with van der Waals surface area (Å²) in [6, 6.07) is 12.4. The molecule has 0 aromatic heterocycles. The van der Waals surface area contributed by atoms with Crippen LogP contribution in [0.1, 0.15) is 18.1 Å². The Morgan fingerprint density at radius 3 is 2.35 bits per heavy atom. The third kappa shape index (κ3) is 3.31. The van der Waals surface area contributed by atoms with Crippen LogP contribution in [-0.2, 0) is 19.9 Å². The van der Waals surface area contributed by atoms with Crippen molar-refractivity contribution in [3.8, 4) is 0 Å². The van der Waals surface area contributed by atoms with Crippen LogP contribution in [0.15, 0.2) is 48.5 Å². The number of benzene rings is 2. The second-order valence-corrected chi connectivity index (χ2v) is 8.69. The Hall–Kier alpha value is -3.56. The van der Waals surface area contributed by atoms with Crippen molar-refractivity contribution < 1.29 is 24.3 Å². The van der Waals surface area contributed by atoms with Crippen LogP contribution in [0.3, 0.4) is 0 Å². The van der Waals surface area contributed by atoms with Crippen molar-refractivity contribution in [1.29, 1.82) is 5.41 Å². The molecule has 2 N–H and O–H groups in total. The van der Waals surface area contributed by atoms with Crippen LogP contribution in [0, 0.1) is 11.3 Å². The van der Waals surface area contributed by atoms with Crippen molar-refractivity contribution >= 4 is 46.6 Å². The molecule has 0 saturated carbocycles. The molecule has 176 valence electrons. The number of likely N-dealkylation sites (N-methyl/N-ethyl adjacent to an activating group) is 1. The van der Waals surface area contributed by atoms with Crippen molar-refractivity contribution in [2.24, 2.45) is 5.92 Å². The van der Waals surface area contributed by atoms with E-state index in [1.54, 1.807) is 42.5 Å². The number of carbonyl (C=O) groups excluding carboxylic acids is 4. The number of halogens is 1. The molecule has 9 nitrogen and oxygen atoms in total. The lowest BCUT2D eigenvalue weighted by molar-refractivity contribution is -0.141. The number of hydrogen-bond donors (Lipinski definition) is 2. The van der Waals surface area contributed by atoms with Gasteiger partial charge in [0.15, 0.2) is 0 Å².